The summed E-state index contributed by atoms with van der Waals surface area (Å²) in [5, 5.41) is 3.05. The summed E-state index contributed by atoms with van der Waals surface area (Å²) in [4.78, 5) is 14.0. The lowest BCUT2D eigenvalue weighted by Gasteiger charge is -2.26. The van der Waals surface area contributed by atoms with Crippen LogP contribution in [-0.4, -0.2) is 43.4 Å². The maximum atomic E-state index is 14.2. The van der Waals surface area contributed by atoms with Gasteiger partial charge in [0.05, 0.1) is 10.3 Å². The maximum Gasteiger partial charge on any atom is 0.256 e. The van der Waals surface area contributed by atoms with Gasteiger partial charge in [-0.2, -0.15) is 4.31 Å². The number of nitrogens with zero attached hydrogens (tertiary/aromatic N) is 1. The summed E-state index contributed by atoms with van der Waals surface area (Å²) in [5.41, 5.74) is -0.510. The number of benzene rings is 1. The van der Waals surface area contributed by atoms with Crippen molar-refractivity contribution in [3.8, 4) is 0 Å². The lowest BCUT2D eigenvalue weighted by atomic mass is 10.2. The highest BCUT2D eigenvalue weighted by molar-refractivity contribution is 7.89. The van der Waals surface area contributed by atoms with E-state index >= 15 is 0 Å². The molecule has 2 N–H and O–H groups in total. The second-order valence-corrected chi connectivity index (χ2v) is 7.53. The van der Waals surface area contributed by atoms with Crippen molar-refractivity contribution in [2.45, 2.75) is 24.3 Å². The zero-order chi connectivity index (χ0) is 16.6. The minimum absolute atomic E-state index is 0.0340. The molecular formula is C15H18FN3O3S. The molecule has 0 amide bonds. The molecule has 6 nitrogen and oxygen atoms in total. The summed E-state index contributed by atoms with van der Waals surface area (Å²) in [5.74, 6) is -0.751. The van der Waals surface area contributed by atoms with Crippen LogP contribution in [0.5, 0.6) is 0 Å². The van der Waals surface area contributed by atoms with Crippen molar-refractivity contribution in [2.75, 3.05) is 19.6 Å². The molecule has 1 aliphatic rings. The Balaban J connectivity index is 2.23. The fourth-order valence-corrected chi connectivity index (χ4v) is 4.82. The average Bonchev–Trinajstić information content (AvgIpc) is 2.75. The number of rotatable bonds is 2. The number of fused-ring (bicyclic) bond motifs is 1. The van der Waals surface area contributed by atoms with Gasteiger partial charge in [-0.25, -0.2) is 12.8 Å². The van der Waals surface area contributed by atoms with Crippen LogP contribution in [0.15, 0.2) is 34.1 Å². The van der Waals surface area contributed by atoms with Gasteiger partial charge in [0.25, 0.3) is 5.56 Å². The highest BCUT2D eigenvalue weighted by Crippen LogP contribution is 2.27. The summed E-state index contributed by atoms with van der Waals surface area (Å²) in [6.07, 6.45) is 1.58. The number of H-pyrrole nitrogens is 1. The Labute approximate surface area is 133 Å². The van der Waals surface area contributed by atoms with Gasteiger partial charge < -0.3 is 10.3 Å². The molecular weight excluding hydrogens is 321 g/mol. The molecule has 0 bridgehead atoms. The van der Waals surface area contributed by atoms with Crippen LogP contribution < -0.4 is 10.9 Å². The van der Waals surface area contributed by atoms with Crippen LogP contribution in [-0.2, 0) is 10.0 Å². The van der Waals surface area contributed by atoms with Gasteiger partial charge in [0.2, 0.25) is 10.0 Å². The van der Waals surface area contributed by atoms with Gasteiger partial charge in [0, 0.05) is 30.7 Å². The summed E-state index contributed by atoms with van der Waals surface area (Å²) in [6.45, 7) is 3.44. The number of hydrogen-bond donors (Lipinski definition) is 2. The van der Waals surface area contributed by atoms with Gasteiger partial charge in [-0.15, -0.1) is 0 Å². The minimum atomic E-state index is -3.90. The molecule has 0 aliphatic carbocycles. The summed E-state index contributed by atoms with van der Waals surface area (Å²) < 4.78 is 41.7. The second kappa shape index (κ2) is 6.03. The normalized spacial score (nSPS) is 20.5. The van der Waals surface area contributed by atoms with Crippen LogP contribution in [0, 0.1) is 5.82 Å². The maximum absolute atomic E-state index is 14.2. The molecule has 0 spiro atoms. The SMILES string of the molecule is CC1CNCCCN1S(=O)(=O)c1cccc2c(=O)[nH]cc(F)c12. The molecule has 124 valence electrons. The lowest BCUT2D eigenvalue weighted by Crippen LogP contribution is -2.41. The van der Waals surface area contributed by atoms with Crippen molar-refractivity contribution >= 4 is 20.8 Å². The average molecular weight is 339 g/mol. The van der Waals surface area contributed by atoms with E-state index in [0.29, 0.717) is 19.5 Å². The highest BCUT2D eigenvalue weighted by Gasteiger charge is 2.32. The molecule has 1 unspecified atom stereocenters. The predicted molar refractivity (Wildman–Crippen MR) is 85.4 cm³/mol. The summed E-state index contributed by atoms with van der Waals surface area (Å²) in [6, 6.07) is 3.99. The molecule has 1 atom stereocenters. The Morgan fingerprint density at radius 3 is 2.91 bits per heavy atom. The van der Waals surface area contributed by atoms with Crippen molar-refractivity contribution in [3.63, 3.8) is 0 Å². The van der Waals surface area contributed by atoms with E-state index in [0.717, 1.165) is 12.7 Å². The third-order valence-corrected chi connectivity index (χ3v) is 6.15. The first kappa shape index (κ1) is 16.1. The molecule has 3 rings (SSSR count). The quantitative estimate of drug-likeness (QED) is 0.856. The number of halogens is 1. The van der Waals surface area contributed by atoms with E-state index in [1.807, 2.05) is 6.92 Å². The zero-order valence-electron chi connectivity index (χ0n) is 12.7. The van der Waals surface area contributed by atoms with E-state index < -0.39 is 21.4 Å². The molecule has 2 heterocycles. The molecule has 1 aromatic heterocycles. The zero-order valence-corrected chi connectivity index (χ0v) is 13.5. The fourth-order valence-electron chi connectivity index (χ4n) is 2.94. The lowest BCUT2D eigenvalue weighted by molar-refractivity contribution is 0.353. The van der Waals surface area contributed by atoms with Gasteiger partial charge in [0.1, 0.15) is 5.82 Å². The third-order valence-electron chi connectivity index (χ3n) is 4.09. The number of sulfonamides is 1. The molecule has 8 heteroatoms. The van der Waals surface area contributed by atoms with E-state index in [-0.39, 0.29) is 21.7 Å². The van der Waals surface area contributed by atoms with Crippen molar-refractivity contribution in [2.24, 2.45) is 0 Å². The minimum Gasteiger partial charge on any atom is -0.326 e. The molecule has 1 saturated heterocycles. The van der Waals surface area contributed by atoms with E-state index in [9.17, 15) is 17.6 Å². The van der Waals surface area contributed by atoms with Crippen LogP contribution in [0.4, 0.5) is 4.39 Å². The van der Waals surface area contributed by atoms with Crippen LogP contribution in [0.3, 0.4) is 0 Å². The Hall–Kier alpha value is -1.77. The topological polar surface area (TPSA) is 82.3 Å². The number of aromatic amines is 1. The van der Waals surface area contributed by atoms with Gasteiger partial charge in [-0.05, 0) is 32.0 Å². The van der Waals surface area contributed by atoms with Gasteiger partial charge in [-0.1, -0.05) is 6.07 Å². The number of hydrogen-bond acceptors (Lipinski definition) is 4. The van der Waals surface area contributed by atoms with E-state index in [2.05, 4.69) is 10.3 Å². The molecule has 1 aliphatic heterocycles. The van der Waals surface area contributed by atoms with Crippen molar-refractivity contribution in [1.82, 2.24) is 14.6 Å². The van der Waals surface area contributed by atoms with E-state index in [4.69, 9.17) is 0 Å². The summed E-state index contributed by atoms with van der Waals surface area (Å²) >= 11 is 0. The van der Waals surface area contributed by atoms with Crippen LogP contribution in [0.1, 0.15) is 13.3 Å². The first-order valence-electron chi connectivity index (χ1n) is 7.45. The van der Waals surface area contributed by atoms with Gasteiger partial charge >= 0.3 is 0 Å². The molecule has 1 aromatic carbocycles. The molecule has 23 heavy (non-hydrogen) atoms. The fraction of sp³-hybridized carbons (Fsp3) is 0.400. The number of nitrogens with one attached hydrogen (secondary N) is 2. The summed E-state index contributed by atoms with van der Waals surface area (Å²) in [7, 11) is -3.90. The Morgan fingerprint density at radius 1 is 1.35 bits per heavy atom. The van der Waals surface area contributed by atoms with E-state index in [1.54, 1.807) is 0 Å². The first-order chi connectivity index (χ1) is 10.9. The molecule has 1 fully saturated rings. The largest absolute Gasteiger partial charge is 0.326 e. The van der Waals surface area contributed by atoms with Crippen LogP contribution >= 0.6 is 0 Å². The highest BCUT2D eigenvalue weighted by atomic mass is 32.2. The Kier molecular flexibility index (Phi) is 4.22. The van der Waals surface area contributed by atoms with Crippen molar-refractivity contribution < 1.29 is 12.8 Å². The first-order valence-corrected chi connectivity index (χ1v) is 8.89. The third kappa shape index (κ3) is 2.77. The van der Waals surface area contributed by atoms with E-state index in [1.165, 1.54) is 22.5 Å². The standard InChI is InChI=1S/C15H18FN3O3S/c1-10-8-17-6-3-7-19(10)23(21,22)13-5-2-4-11-14(13)12(16)9-18-15(11)20/h2,4-5,9-10,17H,3,6-8H2,1H3,(H,18,20). The monoisotopic (exact) mass is 339 g/mol. The van der Waals surface area contributed by atoms with Crippen molar-refractivity contribution in [3.05, 3.63) is 40.6 Å². The van der Waals surface area contributed by atoms with Gasteiger partial charge in [-0.3, -0.25) is 4.79 Å². The molecule has 2 aromatic rings. The van der Waals surface area contributed by atoms with Gasteiger partial charge in [0.15, 0.2) is 0 Å². The van der Waals surface area contributed by atoms with Crippen molar-refractivity contribution in [1.29, 1.82) is 0 Å². The van der Waals surface area contributed by atoms with Crippen LogP contribution in [0.2, 0.25) is 0 Å². The predicted octanol–water partition coefficient (Wildman–Crippen LogP) is 1.04. The number of pyridine rings is 1. The smallest absolute Gasteiger partial charge is 0.256 e. The Bertz CT molecular complexity index is 894. The second-order valence-electron chi connectivity index (χ2n) is 5.67. The number of aromatic nitrogens is 1. The molecule has 0 saturated carbocycles. The Morgan fingerprint density at radius 2 is 2.13 bits per heavy atom. The molecule has 0 radical (unpaired) electrons. The van der Waals surface area contributed by atoms with Crippen LogP contribution in [0.25, 0.3) is 10.8 Å².